The molecule has 0 nitrogen and oxygen atoms in total. The van der Waals surface area contributed by atoms with Gasteiger partial charge in [0.1, 0.15) is 0 Å². The maximum atomic E-state index is 2.45. The molecule has 0 saturated heterocycles. The van der Waals surface area contributed by atoms with Crippen LogP contribution in [0.25, 0.3) is 0 Å². The summed E-state index contributed by atoms with van der Waals surface area (Å²) in [7, 11) is -0.970. The maximum Gasteiger partial charge on any atom is 4.00 e. The van der Waals surface area contributed by atoms with E-state index in [9.17, 15) is 0 Å². The van der Waals surface area contributed by atoms with Crippen molar-refractivity contribution in [3.63, 3.8) is 0 Å². The van der Waals surface area contributed by atoms with Crippen LogP contribution in [0.5, 0.6) is 0 Å². The molecule has 1 rings (SSSR count). The van der Waals surface area contributed by atoms with Crippen LogP contribution in [0.15, 0.2) is 0 Å². The first-order valence-electron chi connectivity index (χ1n) is 5.46. The van der Waals surface area contributed by atoms with Crippen LogP contribution in [0.2, 0.25) is 19.6 Å². The van der Waals surface area contributed by atoms with Crippen molar-refractivity contribution < 1.29 is 58.9 Å². The first kappa shape index (κ1) is 27.5. The molecule has 0 N–H and O–H groups in total. The van der Waals surface area contributed by atoms with Crippen molar-refractivity contribution in [2.45, 2.75) is 53.4 Å². The Labute approximate surface area is 147 Å². The smallest absolute Gasteiger partial charge is 1.00 e. The van der Waals surface area contributed by atoms with Crippen LogP contribution in [0, 0.1) is 27.7 Å². The molecule has 5 heteroatoms. The van der Waals surface area contributed by atoms with E-state index < -0.39 is 8.07 Å². The van der Waals surface area contributed by atoms with Gasteiger partial charge in [0.2, 0.25) is 0 Å². The summed E-state index contributed by atoms with van der Waals surface area (Å²) in [6, 6.07) is 1.33. The summed E-state index contributed by atoms with van der Waals surface area (Å²) in [5.74, 6) is 0. The van der Waals surface area contributed by atoms with Gasteiger partial charge in [0.05, 0.1) is 0 Å². The Hall–Kier alpha value is 1.15. The Kier molecular flexibility index (Phi) is 15.2. The summed E-state index contributed by atoms with van der Waals surface area (Å²) >= 11 is 0. The van der Waals surface area contributed by atoms with E-state index in [2.05, 4.69) is 47.3 Å². The largest absolute Gasteiger partial charge is 4.00 e. The summed E-state index contributed by atoms with van der Waals surface area (Å²) in [5.41, 5.74) is 7.75. The van der Waals surface area contributed by atoms with Crippen LogP contribution in [-0.2, 0) is 27.8 Å². The molecule has 0 aliphatic heterocycles. The molecule has 0 fully saturated rings. The Bertz CT molecular complexity index is 329. The van der Waals surface area contributed by atoms with Gasteiger partial charge in [-0.1, -0.05) is 53.4 Å². The minimum atomic E-state index is -0.970. The Balaban J connectivity index is -0.000000245. The summed E-state index contributed by atoms with van der Waals surface area (Å²) in [6.07, 6.45) is 0. The predicted octanol–water partition coefficient (Wildman–Crippen LogP) is -4.93. The summed E-state index contributed by atoms with van der Waals surface area (Å²) in [4.78, 5) is 0. The van der Waals surface area contributed by atoms with Gasteiger partial charge in [-0.15, -0.1) is 0 Å². The fourth-order valence-corrected chi connectivity index (χ4v) is 3.68. The third-order valence-electron chi connectivity index (χ3n) is 3.30. The Morgan fingerprint density at radius 2 is 1.06 bits per heavy atom. The normalized spacial score (nSPS) is 9.50. The molecule has 104 valence electrons. The molecular formula is C13H23Cl3SiTi. The SMILES string of the molecule is Cc1c(C)c(C)[c-](C[Si](C)(C)C)c1C.[Cl-].[Cl-].[Cl-].[Ti+4]. The van der Waals surface area contributed by atoms with Gasteiger partial charge < -0.3 is 37.2 Å². The second kappa shape index (κ2) is 9.96. The van der Waals surface area contributed by atoms with Crippen molar-refractivity contribution in [2.24, 2.45) is 0 Å². The zero-order chi connectivity index (χ0) is 11.1. The van der Waals surface area contributed by atoms with E-state index in [1.807, 2.05) is 0 Å². The van der Waals surface area contributed by atoms with E-state index in [0.717, 1.165) is 0 Å². The predicted molar refractivity (Wildman–Crippen MR) is 68.0 cm³/mol. The van der Waals surface area contributed by atoms with Gasteiger partial charge in [-0.3, -0.25) is 0 Å². The molecule has 0 unspecified atom stereocenters. The van der Waals surface area contributed by atoms with Gasteiger partial charge in [0, 0.05) is 8.07 Å². The van der Waals surface area contributed by atoms with E-state index in [1.165, 1.54) is 17.2 Å². The molecule has 0 spiro atoms. The molecule has 18 heavy (non-hydrogen) atoms. The monoisotopic (exact) mass is 360 g/mol. The van der Waals surface area contributed by atoms with Gasteiger partial charge in [-0.25, -0.2) is 0 Å². The molecular weight excluding hydrogens is 338 g/mol. The van der Waals surface area contributed by atoms with Crippen molar-refractivity contribution in [3.8, 4) is 0 Å². The van der Waals surface area contributed by atoms with Gasteiger partial charge in [0.15, 0.2) is 0 Å². The zero-order valence-corrected chi connectivity index (χ0v) is 17.2. The van der Waals surface area contributed by atoms with Crippen LogP contribution < -0.4 is 37.2 Å². The third-order valence-corrected chi connectivity index (χ3v) is 4.71. The van der Waals surface area contributed by atoms with Crippen molar-refractivity contribution in [2.75, 3.05) is 0 Å². The molecule has 0 aromatic heterocycles. The quantitative estimate of drug-likeness (QED) is 0.366. The molecule has 0 atom stereocenters. The van der Waals surface area contributed by atoms with E-state index in [-0.39, 0.29) is 58.9 Å². The number of rotatable bonds is 2. The molecule has 0 radical (unpaired) electrons. The van der Waals surface area contributed by atoms with E-state index in [0.29, 0.717) is 0 Å². The maximum absolute atomic E-state index is 2.45. The number of hydrogen-bond donors (Lipinski definition) is 0. The molecule has 0 heterocycles. The third kappa shape index (κ3) is 6.54. The molecule has 1 aromatic carbocycles. The zero-order valence-electron chi connectivity index (χ0n) is 12.3. The second-order valence-corrected chi connectivity index (χ2v) is 11.2. The molecule has 0 bridgehead atoms. The first-order valence-corrected chi connectivity index (χ1v) is 9.16. The van der Waals surface area contributed by atoms with E-state index in [4.69, 9.17) is 0 Å². The molecule has 0 aliphatic carbocycles. The average Bonchev–Trinajstić information content (AvgIpc) is 2.20. The molecule has 0 amide bonds. The topological polar surface area (TPSA) is 0 Å². The van der Waals surface area contributed by atoms with Crippen molar-refractivity contribution in [1.29, 1.82) is 0 Å². The van der Waals surface area contributed by atoms with Gasteiger partial charge in [-0.05, 0) is 0 Å². The number of hydrogen-bond acceptors (Lipinski definition) is 0. The fourth-order valence-electron chi connectivity index (χ4n) is 2.09. The van der Waals surface area contributed by atoms with Gasteiger partial charge >= 0.3 is 21.7 Å². The molecule has 0 saturated carbocycles. The van der Waals surface area contributed by atoms with Crippen LogP contribution in [0.1, 0.15) is 27.8 Å². The van der Waals surface area contributed by atoms with Gasteiger partial charge in [0.25, 0.3) is 0 Å². The Morgan fingerprint density at radius 1 is 0.778 bits per heavy atom. The van der Waals surface area contributed by atoms with Crippen LogP contribution in [0.4, 0.5) is 0 Å². The van der Waals surface area contributed by atoms with Crippen LogP contribution >= 0.6 is 0 Å². The second-order valence-electron chi connectivity index (χ2n) is 5.72. The summed E-state index contributed by atoms with van der Waals surface area (Å²) < 4.78 is 0. The standard InChI is InChI=1S/C13H23Si.3ClH.Ti/c1-9-10(2)12(4)13(11(9)3)8-14(5,6)7;;;;/h8H2,1-7H3;3*1H;/q-1;;;;+4/p-3. The minimum absolute atomic E-state index is 0. The molecule has 0 aliphatic rings. The minimum Gasteiger partial charge on any atom is -1.00 e. The first-order chi connectivity index (χ1) is 6.24. The molecule has 1 aromatic rings. The summed E-state index contributed by atoms with van der Waals surface area (Å²) in [5, 5.41) is 0. The van der Waals surface area contributed by atoms with E-state index >= 15 is 0 Å². The fraction of sp³-hybridized carbons (Fsp3) is 0.615. The van der Waals surface area contributed by atoms with Crippen molar-refractivity contribution >= 4 is 8.07 Å². The Morgan fingerprint density at radius 3 is 1.28 bits per heavy atom. The van der Waals surface area contributed by atoms with Crippen molar-refractivity contribution in [3.05, 3.63) is 27.8 Å². The number of halogens is 3. The van der Waals surface area contributed by atoms with Gasteiger partial charge in [-0.2, -0.15) is 27.8 Å². The average molecular weight is 362 g/mol. The van der Waals surface area contributed by atoms with E-state index in [1.54, 1.807) is 16.7 Å². The van der Waals surface area contributed by atoms with Crippen LogP contribution in [-0.4, -0.2) is 8.07 Å². The van der Waals surface area contributed by atoms with Crippen LogP contribution in [0.3, 0.4) is 0 Å². The summed E-state index contributed by atoms with van der Waals surface area (Å²) in [6.45, 7) is 16.4. The van der Waals surface area contributed by atoms with Crippen molar-refractivity contribution in [1.82, 2.24) is 0 Å².